The summed E-state index contributed by atoms with van der Waals surface area (Å²) in [7, 11) is 3.14. The van der Waals surface area contributed by atoms with Gasteiger partial charge in [0, 0.05) is 32.7 Å². The van der Waals surface area contributed by atoms with Gasteiger partial charge in [-0.15, -0.1) is 0 Å². The number of aryl methyl sites for hydroxylation is 1. The van der Waals surface area contributed by atoms with Crippen molar-refractivity contribution < 1.29 is 19.1 Å². The minimum atomic E-state index is -0.260. The number of carbonyl (C=O) groups excluding carboxylic acids is 2. The minimum Gasteiger partial charge on any atom is -0.493 e. The van der Waals surface area contributed by atoms with E-state index < -0.39 is 0 Å². The van der Waals surface area contributed by atoms with Gasteiger partial charge in [-0.25, -0.2) is 0 Å². The van der Waals surface area contributed by atoms with Gasteiger partial charge in [-0.2, -0.15) is 0 Å². The van der Waals surface area contributed by atoms with E-state index in [9.17, 15) is 9.59 Å². The van der Waals surface area contributed by atoms with Crippen LogP contribution in [0.2, 0.25) is 0 Å². The maximum absolute atomic E-state index is 13.5. The molecule has 2 aliphatic rings. The average Bonchev–Trinajstić information content (AvgIpc) is 3.15. The van der Waals surface area contributed by atoms with Crippen LogP contribution >= 0.6 is 0 Å². The lowest BCUT2D eigenvalue weighted by Crippen LogP contribution is -2.46. The molecule has 3 aromatic carbocycles. The van der Waals surface area contributed by atoms with Crippen molar-refractivity contribution in [2.75, 3.05) is 45.3 Å². The third kappa shape index (κ3) is 4.54. The molecule has 36 heavy (non-hydrogen) atoms. The van der Waals surface area contributed by atoms with E-state index in [1.165, 1.54) is 16.0 Å². The number of hydrogen-bond acceptors (Lipinski definition) is 6. The van der Waals surface area contributed by atoms with E-state index in [-0.39, 0.29) is 18.4 Å². The molecule has 2 heterocycles. The van der Waals surface area contributed by atoms with Gasteiger partial charge in [0.15, 0.2) is 11.5 Å². The molecule has 0 unspecified atom stereocenters. The van der Waals surface area contributed by atoms with Gasteiger partial charge >= 0.3 is 0 Å². The van der Waals surface area contributed by atoms with Crippen LogP contribution in [0.3, 0.4) is 0 Å². The fourth-order valence-corrected chi connectivity index (χ4v) is 4.98. The number of carbonyl (C=O) groups is 2. The molecule has 186 valence electrons. The highest BCUT2D eigenvalue weighted by atomic mass is 16.5. The Kier molecular flexibility index (Phi) is 6.65. The summed E-state index contributed by atoms with van der Waals surface area (Å²) >= 11 is 0. The molecule has 2 aliphatic heterocycles. The SMILES string of the molecule is COc1ccc(CN2C(=O)c3cccc(N4CCN(Cc5ccc(C)cc5)CC4)c3C2=O)cc1OC. The highest BCUT2D eigenvalue weighted by Gasteiger charge is 2.38. The molecular weight excluding hydrogens is 454 g/mol. The van der Waals surface area contributed by atoms with Crippen LogP contribution in [0.1, 0.15) is 37.4 Å². The van der Waals surface area contributed by atoms with Gasteiger partial charge in [0.2, 0.25) is 0 Å². The third-order valence-electron chi connectivity index (χ3n) is 7.01. The number of amides is 2. The summed E-state index contributed by atoms with van der Waals surface area (Å²) in [5.41, 5.74) is 5.20. The molecule has 0 spiro atoms. The van der Waals surface area contributed by atoms with Crippen LogP contribution in [-0.2, 0) is 13.1 Å². The summed E-state index contributed by atoms with van der Waals surface area (Å²) in [6, 6.07) is 19.7. The molecule has 0 bridgehead atoms. The van der Waals surface area contributed by atoms with Crippen LogP contribution in [0.4, 0.5) is 5.69 Å². The Hall–Kier alpha value is -3.84. The zero-order valence-corrected chi connectivity index (χ0v) is 21.0. The second-order valence-electron chi connectivity index (χ2n) is 9.33. The van der Waals surface area contributed by atoms with E-state index in [1.54, 1.807) is 32.4 Å². The lowest BCUT2D eigenvalue weighted by molar-refractivity contribution is 0.0642. The number of nitrogens with zero attached hydrogens (tertiary/aromatic N) is 3. The standard InChI is InChI=1S/C29H31N3O4/c1-20-7-9-21(10-8-20)18-30-13-15-31(16-14-30)24-6-4-5-23-27(24)29(34)32(28(23)33)19-22-11-12-25(35-2)26(17-22)36-3/h4-12,17H,13-16,18-19H2,1-3H3. The Morgan fingerprint density at radius 2 is 1.44 bits per heavy atom. The lowest BCUT2D eigenvalue weighted by atomic mass is 10.1. The van der Waals surface area contributed by atoms with Crippen LogP contribution < -0.4 is 14.4 Å². The van der Waals surface area contributed by atoms with Gasteiger partial charge in [0.25, 0.3) is 11.8 Å². The van der Waals surface area contributed by atoms with E-state index in [0.717, 1.165) is 44.0 Å². The number of ether oxygens (including phenoxy) is 2. The van der Waals surface area contributed by atoms with Gasteiger partial charge in [-0.1, -0.05) is 42.0 Å². The quantitative estimate of drug-likeness (QED) is 0.469. The van der Waals surface area contributed by atoms with Crippen molar-refractivity contribution in [1.29, 1.82) is 0 Å². The van der Waals surface area contributed by atoms with Crippen molar-refractivity contribution in [3.05, 3.63) is 88.5 Å². The number of anilines is 1. The van der Waals surface area contributed by atoms with Crippen LogP contribution in [0.15, 0.2) is 60.7 Å². The normalized spacial score (nSPS) is 15.9. The minimum absolute atomic E-state index is 0.177. The van der Waals surface area contributed by atoms with E-state index in [4.69, 9.17) is 9.47 Å². The molecule has 7 heteroatoms. The average molecular weight is 486 g/mol. The van der Waals surface area contributed by atoms with Crippen molar-refractivity contribution in [2.24, 2.45) is 0 Å². The Labute approximate surface area is 211 Å². The predicted octanol–water partition coefficient (Wildman–Crippen LogP) is 4.13. The first-order valence-electron chi connectivity index (χ1n) is 12.2. The molecule has 0 atom stereocenters. The molecule has 0 saturated carbocycles. The van der Waals surface area contributed by atoms with Gasteiger partial charge in [-0.05, 0) is 42.3 Å². The van der Waals surface area contributed by atoms with Crippen molar-refractivity contribution >= 4 is 17.5 Å². The zero-order valence-electron chi connectivity index (χ0n) is 21.0. The number of benzene rings is 3. The highest BCUT2D eigenvalue weighted by Crippen LogP contribution is 2.34. The molecule has 0 aliphatic carbocycles. The van der Waals surface area contributed by atoms with E-state index in [2.05, 4.69) is 41.0 Å². The summed E-state index contributed by atoms with van der Waals surface area (Å²) in [4.78, 5) is 32.7. The zero-order chi connectivity index (χ0) is 25.2. The third-order valence-corrected chi connectivity index (χ3v) is 7.01. The van der Waals surface area contributed by atoms with E-state index in [0.29, 0.717) is 22.6 Å². The Morgan fingerprint density at radius 1 is 0.750 bits per heavy atom. The second kappa shape index (κ2) is 10.0. The molecule has 5 rings (SSSR count). The first kappa shape index (κ1) is 23.9. The number of rotatable bonds is 7. The summed E-state index contributed by atoms with van der Waals surface area (Å²) < 4.78 is 10.7. The number of methoxy groups -OCH3 is 2. The Morgan fingerprint density at radius 3 is 2.14 bits per heavy atom. The number of imide groups is 1. The van der Waals surface area contributed by atoms with Crippen LogP contribution in [0.5, 0.6) is 11.5 Å². The van der Waals surface area contributed by atoms with Crippen molar-refractivity contribution in [1.82, 2.24) is 9.80 Å². The van der Waals surface area contributed by atoms with E-state index >= 15 is 0 Å². The molecule has 0 aromatic heterocycles. The number of fused-ring (bicyclic) bond motifs is 1. The van der Waals surface area contributed by atoms with Crippen molar-refractivity contribution in [3.63, 3.8) is 0 Å². The van der Waals surface area contributed by atoms with Crippen molar-refractivity contribution in [2.45, 2.75) is 20.0 Å². The molecule has 0 N–H and O–H groups in total. The summed E-state index contributed by atoms with van der Waals surface area (Å²) in [5.74, 6) is 0.662. The smallest absolute Gasteiger partial charge is 0.263 e. The van der Waals surface area contributed by atoms with E-state index in [1.807, 2.05) is 18.2 Å². The maximum Gasteiger partial charge on any atom is 0.263 e. The predicted molar refractivity (Wildman–Crippen MR) is 139 cm³/mol. The van der Waals surface area contributed by atoms with Gasteiger partial charge in [-0.3, -0.25) is 19.4 Å². The summed E-state index contributed by atoms with van der Waals surface area (Å²) in [6.07, 6.45) is 0. The number of hydrogen-bond donors (Lipinski definition) is 0. The molecular formula is C29H31N3O4. The summed E-state index contributed by atoms with van der Waals surface area (Å²) in [5, 5.41) is 0. The molecule has 1 saturated heterocycles. The second-order valence-corrected chi connectivity index (χ2v) is 9.33. The summed E-state index contributed by atoms with van der Waals surface area (Å²) in [6.45, 7) is 6.60. The number of piperazine rings is 1. The molecule has 3 aromatic rings. The monoisotopic (exact) mass is 485 g/mol. The molecule has 1 fully saturated rings. The Balaban J connectivity index is 1.30. The molecule has 2 amide bonds. The molecule has 7 nitrogen and oxygen atoms in total. The lowest BCUT2D eigenvalue weighted by Gasteiger charge is -2.36. The molecule has 0 radical (unpaired) electrons. The fraction of sp³-hybridized carbons (Fsp3) is 0.310. The van der Waals surface area contributed by atoms with Crippen molar-refractivity contribution in [3.8, 4) is 11.5 Å². The fourth-order valence-electron chi connectivity index (χ4n) is 4.98. The largest absolute Gasteiger partial charge is 0.493 e. The maximum atomic E-state index is 13.5. The van der Waals surface area contributed by atoms with Crippen LogP contribution in [0.25, 0.3) is 0 Å². The topological polar surface area (TPSA) is 62.3 Å². The first-order valence-corrected chi connectivity index (χ1v) is 12.2. The van der Waals surface area contributed by atoms with Gasteiger partial charge in [0.1, 0.15) is 0 Å². The van der Waals surface area contributed by atoms with Gasteiger partial charge < -0.3 is 14.4 Å². The highest BCUT2D eigenvalue weighted by molar-refractivity contribution is 6.23. The Bertz CT molecular complexity index is 1280. The van der Waals surface area contributed by atoms with Crippen LogP contribution in [-0.4, -0.2) is 62.0 Å². The van der Waals surface area contributed by atoms with Crippen LogP contribution in [0, 0.1) is 6.92 Å². The first-order chi connectivity index (χ1) is 17.5. The van der Waals surface area contributed by atoms with Gasteiger partial charge in [0.05, 0.1) is 37.6 Å².